The van der Waals surface area contributed by atoms with E-state index in [0.717, 1.165) is 5.39 Å². The van der Waals surface area contributed by atoms with E-state index >= 15 is 0 Å². The molecule has 0 aliphatic heterocycles. The summed E-state index contributed by atoms with van der Waals surface area (Å²) in [6.07, 6.45) is 1.67. The molecule has 10 nitrogen and oxygen atoms in total. The van der Waals surface area contributed by atoms with Crippen LogP contribution >= 0.6 is 0 Å². The molecule has 3 heterocycles. The molecule has 0 bridgehead atoms. The molecule has 0 atom stereocenters. The molecule has 0 fully saturated rings. The third kappa shape index (κ3) is 1.69. The zero-order valence-electron chi connectivity index (χ0n) is 9.49. The SMILES string of the molecule is Cn1ncc2c(NCc3nn[nH]n3)nc(N)nc21. The van der Waals surface area contributed by atoms with Crippen LogP contribution in [0.1, 0.15) is 5.82 Å². The lowest BCUT2D eigenvalue weighted by Crippen LogP contribution is -2.06. The van der Waals surface area contributed by atoms with Gasteiger partial charge in [-0.15, -0.1) is 10.2 Å². The van der Waals surface area contributed by atoms with Gasteiger partial charge in [-0.25, -0.2) is 0 Å². The highest BCUT2D eigenvalue weighted by molar-refractivity contribution is 5.87. The van der Waals surface area contributed by atoms with Gasteiger partial charge in [0.2, 0.25) is 5.95 Å². The lowest BCUT2D eigenvalue weighted by molar-refractivity contribution is 0.786. The van der Waals surface area contributed by atoms with Gasteiger partial charge >= 0.3 is 0 Å². The number of tetrazole rings is 1. The van der Waals surface area contributed by atoms with Crippen molar-refractivity contribution in [2.45, 2.75) is 6.54 Å². The lowest BCUT2D eigenvalue weighted by atomic mass is 10.4. The van der Waals surface area contributed by atoms with Crippen LogP contribution in [0.3, 0.4) is 0 Å². The topological polar surface area (TPSA) is 136 Å². The molecule has 3 aromatic rings. The predicted molar refractivity (Wildman–Crippen MR) is 62.2 cm³/mol. The molecule has 3 aromatic heterocycles. The summed E-state index contributed by atoms with van der Waals surface area (Å²) in [6, 6.07) is 0. The number of nitrogens with zero attached hydrogens (tertiary/aromatic N) is 7. The van der Waals surface area contributed by atoms with Crippen molar-refractivity contribution in [2.24, 2.45) is 7.05 Å². The summed E-state index contributed by atoms with van der Waals surface area (Å²) in [7, 11) is 1.79. The fourth-order valence-corrected chi connectivity index (χ4v) is 1.59. The molecular weight excluding hydrogens is 236 g/mol. The zero-order valence-corrected chi connectivity index (χ0v) is 9.49. The fourth-order valence-electron chi connectivity index (χ4n) is 1.59. The van der Waals surface area contributed by atoms with E-state index in [4.69, 9.17) is 5.73 Å². The van der Waals surface area contributed by atoms with Crippen LogP contribution in [0.5, 0.6) is 0 Å². The number of aromatic nitrogens is 8. The Hall–Kier alpha value is -2.78. The summed E-state index contributed by atoms with van der Waals surface area (Å²) in [6.45, 7) is 0.386. The van der Waals surface area contributed by atoms with Gasteiger partial charge in [0.15, 0.2) is 11.5 Å². The minimum atomic E-state index is 0.182. The van der Waals surface area contributed by atoms with Crippen molar-refractivity contribution in [3.05, 3.63) is 12.0 Å². The second-order valence-electron chi connectivity index (χ2n) is 3.62. The maximum atomic E-state index is 5.65. The van der Waals surface area contributed by atoms with E-state index in [9.17, 15) is 0 Å². The molecule has 0 aliphatic carbocycles. The number of aromatic amines is 1. The minimum Gasteiger partial charge on any atom is -0.368 e. The van der Waals surface area contributed by atoms with E-state index in [1.165, 1.54) is 0 Å². The van der Waals surface area contributed by atoms with Gasteiger partial charge in [-0.2, -0.15) is 20.3 Å². The number of anilines is 2. The van der Waals surface area contributed by atoms with Crippen molar-refractivity contribution in [1.82, 2.24) is 40.4 Å². The summed E-state index contributed by atoms with van der Waals surface area (Å²) in [5.74, 6) is 1.31. The van der Waals surface area contributed by atoms with Gasteiger partial charge in [0, 0.05) is 7.05 Å². The molecule has 4 N–H and O–H groups in total. The Labute approximate surface area is 101 Å². The molecule has 92 valence electrons. The summed E-state index contributed by atoms with van der Waals surface area (Å²) in [5, 5.41) is 21.5. The average molecular weight is 246 g/mol. The number of fused-ring (bicyclic) bond motifs is 1. The highest BCUT2D eigenvalue weighted by atomic mass is 15.5. The Morgan fingerprint density at radius 1 is 1.44 bits per heavy atom. The summed E-state index contributed by atoms with van der Waals surface area (Å²) in [4.78, 5) is 8.25. The van der Waals surface area contributed by atoms with Gasteiger partial charge in [-0.3, -0.25) is 4.68 Å². The standard InChI is InChI=1S/C8H10N10/c1-18-7-4(2-11-18)6(12-8(9)13-7)10-3-5-14-16-17-15-5/h2H,3H2,1H3,(H3,9,10,12,13)(H,14,15,16,17). The molecule has 10 heteroatoms. The first-order chi connectivity index (χ1) is 8.74. The number of nitrogens with two attached hydrogens (primary N) is 1. The fraction of sp³-hybridized carbons (Fsp3) is 0.250. The maximum absolute atomic E-state index is 5.65. The van der Waals surface area contributed by atoms with Crippen molar-refractivity contribution in [3.63, 3.8) is 0 Å². The van der Waals surface area contributed by atoms with Gasteiger partial charge in [-0.1, -0.05) is 5.21 Å². The predicted octanol–water partition coefficient (Wildman–Crippen LogP) is -0.929. The highest BCUT2D eigenvalue weighted by Gasteiger charge is 2.10. The zero-order chi connectivity index (χ0) is 12.5. The Kier molecular flexibility index (Phi) is 2.25. The minimum absolute atomic E-state index is 0.182. The van der Waals surface area contributed by atoms with E-state index in [1.54, 1.807) is 17.9 Å². The van der Waals surface area contributed by atoms with Crippen molar-refractivity contribution >= 4 is 22.8 Å². The maximum Gasteiger partial charge on any atom is 0.224 e. The second kappa shape index (κ2) is 3.91. The first-order valence-corrected chi connectivity index (χ1v) is 5.15. The molecule has 0 radical (unpaired) electrons. The van der Waals surface area contributed by atoms with Crippen LogP contribution in [0.4, 0.5) is 11.8 Å². The van der Waals surface area contributed by atoms with Crippen molar-refractivity contribution in [1.29, 1.82) is 0 Å². The molecule has 0 unspecified atom stereocenters. The van der Waals surface area contributed by atoms with E-state index in [0.29, 0.717) is 23.8 Å². The molecule has 0 saturated carbocycles. The van der Waals surface area contributed by atoms with Crippen molar-refractivity contribution < 1.29 is 0 Å². The van der Waals surface area contributed by atoms with Crippen molar-refractivity contribution in [2.75, 3.05) is 11.1 Å². The molecule has 18 heavy (non-hydrogen) atoms. The van der Waals surface area contributed by atoms with Crippen LogP contribution in [0.25, 0.3) is 11.0 Å². The smallest absolute Gasteiger partial charge is 0.224 e. The molecule has 3 rings (SSSR count). The van der Waals surface area contributed by atoms with Gasteiger partial charge in [-0.05, 0) is 0 Å². The first-order valence-electron chi connectivity index (χ1n) is 5.15. The van der Waals surface area contributed by atoms with Crippen LogP contribution in [0.15, 0.2) is 6.20 Å². The van der Waals surface area contributed by atoms with Crippen LogP contribution in [-0.4, -0.2) is 40.4 Å². The van der Waals surface area contributed by atoms with Crippen LogP contribution < -0.4 is 11.1 Å². The summed E-state index contributed by atoms with van der Waals surface area (Å²) >= 11 is 0. The third-order valence-corrected chi connectivity index (χ3v) is 2.41. The van der Waals surface area contributed by atoms with Crippen LogP contribution in [-0.2, 0) is 13.6 Å². The molecule has 0 saturated heterocycles. The lowest BCUT2D eigenvalue weighted by Gasteiger charge is -2.04. The van der Waals surface area contributed by atoms with Gasteiger partial charge in [0.05, 0.1) is 18.1 Å². The molecule has 0 aliphatic rings. The van der Waals surface area contributed by atoms with E-state index in [-0.39, 0.29) is 5.95 Å². The van der Waals surface area contributed by atoms with Crippen LogP contribution in [0, 0.1) is 0 Å². The van der Waals surface area contributed by atoms with E-state index in [2.05, 4.69) is 41.0 Å². The second-order valence-corrected chi connectivity index (χ2v) is 3.62. The number of hydrogen-bond donors (Lipinski definition) is 3. The first kappa shape index (κ1) is 10.4. The number of rotatable bonds is 3. The Morgan fingerprint density at radius 3 is 3.11 bits per heavy atom. The third-order valence-electron chi connectivity index (χ3n) is 2.41. The summed E-state index contributed by atoms with van der Waals surface area (Å²) < 4.78 is 1.63. The number of H-pyrrole nitrogens is 1. The molecule has 0 spiro atoms. The largest absolute Gasteiger partial charge is 0.368 e. The highest BCUT2D eigenvalue weighted by Crippen LogP contribution is 2.20. The molecular formula is C8H10N10. The van der Waals surface area contributed by atoms with Crippen molar-refractivity contribution in [3.8, 4) is 0 Å². The van der Waals surface area contributed by atoms with Crippen LogP contribution in [0.2, 0.25) is 0 Å². The van der Waals surface area contributed by atoms with Gasteiger partial charge < -0.3 is 11.1 Å². The molecule has 0 aromatic carbocycles. The molecule has 0 amide bonds. The number of nitrogens with one attached hydrogen (secondary N) is 2. The Morgan fingerprint density at radius 2 is 2.33 bits per heavy atom. The van der Waals surface area contributed by atoms with E-state index < -0.39 is 0 Å². The monoisotopic (exact) mass is 246 g/mol. The van der Waals surface area contributed by atoms with Gasteiger partial charge in [0.25, 0.3) is 0 Å². The Bertz CT molecular complexity index is 669. The number of nitrogen functional groups attached to an aromatic ring is 1. The normalized spacial score (nSPS) is 10.9. The Balaban J connectivity index is 1.95. The number of aryl methyl sites for hydroxylation is 1. The summed E-state index contributed by atoms with van der Waals surface area (Å²) in [5.41, 5.74) is 6.31. The van der Waals surface area contributed by atoms with E-state index in [1.807, 2.05) is 0 Å². The van der Waals surface area contributed by atoms with Gasteiger partial charge in [0.1, 0.15) is 5.82 Å². The average Bonchev–Trinajstić information content (AvgIpc) is 2.97. The number of hydrogen-bond acceptors (Lipinski definition) is 8. The quantitative estimate of drug-likeness (QED) is 0.539.